The van der Waals surface area contributed by atoms with E-state index in [2.05, 4.69) is 25.5 Å². The molecule has 1 aliphatic heterocycles. The first kappa shape index (κ1) is 19.4. The highest BCUT2D eigenvalue weighted by Crippen LogP contribution is 2.50. The molecule has 2 heterocycles. The molecular formula is C22H21F2NO4. The zero-order chi connectivity index (χ0) is 21.1. The van der Waals surface area contributed by atoms with E-state index in [1.807, 2.05) is 4.57 Å². The van der Waals surface area contributed by atoms with Gasteiger partial charge in [0.05, 0.1) is 0 Å². The number of pyridine rings is 1. The Morgan fingerprint density at radius 1 is 1.24 bits per heavy atom. The van der Waals surface area contributed by atoms with Crippen molar-refractivity contribution in [3.63, 3.8) is 0 Å². The van der Waals surface area contributed by atoms with Gasteiger partial charge in [-0.15, -0.1) is 0 Å². The van der Waals surface area contributed by atoms with Gasteiger partial charge in [-0.25, -0.2) is 4.79 Å². The number of aromatic carboxylic acids is 1. The molecule has 4 rings (SSSR count). The standard InChI is InChI=1S/C22H21F2NO4/c1-22(2,3)19-8-14-13-5-4-12(29-21(23)24)6-11(13)7-15(14)17-9-18(26)16(20(27)28)10-25(17)19/h4-6,9-10,19,21H,7-8H2,1-3H3,(H,27,28)/t19-/m0/s1. The number of carboxylic acid groups (broad SMARTS) is 1. The number of halogens is 2. The van der Waals surface area contributed by atoms with Crippen molar-refractivity contribution >= 4 is 17.1 Å². The van der Waals surface area contributed by atoms with Crippen molar-refractivity contribution in [2.45, 2.75) is 46.3 Å². The minimum Gasteiger partial charge on any atom is -0.477 e. The lowest BCUT2D eigenvalue weighted by Crippen LogP contribution is -2.32. The molecular weight excluding hydrogens is 380 g/mol. The molecule has 0 radical (unpaired) electrons. The average molecular weight is 401 g/mol. The summed E-state index contributed by atoms with van der Waals surface area (Å²) < 4.78 is 31.6. The smallest absolute Gasteiger partial charge is 0.387 e. The van der Waals surface area contributed by atoms with Crippen LogP contribution in [0.5, 0.6) is 5.75 Å². The van der Waals surface area contributed by atoms with Crippen LogP contribution >= 0.6 is 0 Å². The number of rotatable bonds is 3. The Balaban J connectivity index is 1.87. The zero-order valence-electron chi connectivity index (χ0n) is 16.3. The van der Waals surface area contributed by atoms with Crippen molar-refractivity contribution in [1.29, 1.82) is 0 Å². The number of carbonyl (C=O) groups is 1. The SMILES string of the molecule is CC(C)(C)[C@@H]1CC2=C(Cc3cc(OC(F)F)ccc32)c2cc(=O)c(C(=O)O)cn21. The van der Waals surface area contributed by atoms with Crippen molar-refractivity contribution in [3.05, 3.63) is 63.1 Å². The van der Waals surface area contributed by atoms with Gasteiger partial charge in [-0.2, -0.15) is 8.78 Å². The fraction of sp³-hybridized carbons (Fsp3) is 0.364. The van der Waals surface area contributed by atoms with E-state index in [0.29, 0.717) is 18.5 Å². The number of alkyl halides is 2. The molecule has 0 saturated heterocycles. The van der Waals surface area contributed by atoms with Crippen molar-refractivity contribution in [1.82, 2.24) is 4.57 Å². The quantitative estimate of drug-likeness (QED) is 0.816. The highest BCUT2D eigenvalue weighted by atomic mass is 19.3. The zero-order valence-corrected chi connectivity index (χ0v) is 16.3. The number of hydrogen-bond acceptors (Lipinski definition) is 3. The van der Waals surface area contributed by atoms with E-state index in [-0.39, 0.29) is 22.8 Å². The van der Waals surface area contributed by atoms with Crippen LogP contribution in [-0.2, 0) is 6.42 Å². The first-order chi connectivity index (χ1) is 13.6. The second kappa shape index (κ2) is 6.54. The van der Waals surface area contributed by atoms with Gasteiger partial charge in [0.1, 0.15) is 11.3 Å². The van der Waals surface area contributed by atoms with E-state index in [9.17, 15) is 23.5 Å². The lowest BCUT2D eigenvalue weighted by molar-refractivity contribution is -0.0498. The predicted octanol–water partition coefficient (Wildman–Crippen LogP) is 4.61. The van der Waals surface area contributed by atoms with E-state index in [1.54, 1.807) is 12.1 Å². The number of carboxylic acids is 1. The molecule has 0 saturated carbocycles. The van der Waals surface area contributed by atoms with Gasteiger partial charge in [0.15, 0.2) is 5.43 Å². The maximum atomic E-state index is 12.6. The first-order valence-electron chi connectivity index (χ1n) is 9.36. The molecule has 152 valence electrons. The predicted molar refractivity (Wildman–Crippen MR) is 104 cm³/mol. The largest absolute Gasteiger partial charge is 0.477 e. The molecule has 2 aliphatic rings. The molecule has 1 aromatic carbocycles. The Hall–Kier alpha value is -2.96. The van der Waals surface area contributed by atoms with Crippen LogP contribution in [0.4, 0.5) is 8.78 Å². The van der Waals surface area contributed by atoms with Crippen LogP contribution in [0.25, 0.3) is 11.1 Å². The van der Waals surface area contributed by atoms with Crippen molar-refractivity contribution in [2.75, 3.05) is 0 Å². The van der Waals surface area contributed by atoms with Crippen molar-refractivity contribution < 1.29 is 23.4 Å². The number of allylic oxidation sites excluding steroid dienone is 2. The minimum absolute atomic E-state index is 0.0575. The molecule has 7 heteroatoms. The summed E-state index contributed by atoms with van der Waals surface area (Å²) in [4.78, 5) is 23.9. The summed E-state index contributed by atoms with van der Waals surface area (Å²) in [7, 11) is 0. The fourth-order valence-corrected chi connectivity index (χ4v) is 4.35. The summed E-state index contributed by atoms with van der Waals surface area (Å²) in [5.41, 5.74) is 3.54. The first-order valence-corrected chi connectivity index (χ1v) is 9.36. The van der Waals surface area contributed by atoms with E-state index in [4.69, 9.17) is 0 Å². The highest BCUT2D eigenvalue weighted by molar-refractivity contribution is 5.98. The third-order valence-corrected chi connectivity index (χ3v) is 5.71. The monoisotopic (exact) mass is 401 g/mol. The normalized spacial score (nSPS) is 17.8. The van der Waals surface area contributed by atoms with Gasteiger partial charge in [0, 0.05) is 30.4 Å². The van der Waals surface area contributed by atoms with Crippen LogP contribution in [0.15, 0.2) is 35.3 Å². The molecule has 0 amide bonds. The van der Waals surface area contributed by atoms with Crippen molar-refractivity contribution in [2.24, 2.45) is 5.41 Å². The van der Waals surface area contributed by atoms with Crippen LogP contribution in [0.2, 0.25) is 0 Å². The minimum atomic E-state index is -2.89. The summed E-state index contributed by atoms with van der Waals surface area (Å²) >= 11 is 0. The molecule has 0 spiro atoms. The number of fused-ring (bicyclic) bond motifs is 4. The molecule has 1 atom stereocenters. The molecule has 29 heavy (non-hydrogen) atoms. The van der Waals surface area contributed by atoms with Crippen LogP contribution in [0, 0.1) is 5.41 Å². The molecule has 1 aliphatic carbocycles. The number of hydrogen-bond donors (Lipinski definition) is 1. The topological polar surface area (TPSA) is 68.5 Å². The second-order valence-electron chi connectivity index (χ2n) is 8.57. The van der Waals surface area contributed by atoms with E-state index < -0.39 is 18.0 Å². The van der Waals surface area contributed by atoms with Gasteiger partial charge >= 0.3 is 12.6 Å². The van der Waals surface area contributed by atoms with Gasteiger partial charge in [-0.05, 0) is 46.2 Å². The summed E-state index contributed by atoms with van der Waals surface area (Å²) in [6.45, 7) is 3.32. The van der Waals surface area contributed by atoms with Crippen molar-refractivity contribution in [3.8, 4) is 5.75 Å². The Morgan fingerprint density at radius 3 is 2.59 bits per heavy atom. The van der Waals surface area contributed by atoms with Crippen LogP contribution in [0.3, 0.4) is 0 Å². The lowest BCUT2D eigenvalue weighted by atomic mass is 9.78. The highest BCUT2D eigenvalue weighted by Gasteiger charge is 2.37. The Morgan fingerprint density at radius 2 is 1.97 bits per heavy atom. The Kier molecular flexibility index (Phi) is 4.37. The molecule has 0 fully saturated rings. The molecule has 1 aromatic heterocycles. The van der Waals surface area contributed by atoms with Crippen LogP contribution in [0.1, 0.15) is 60.4 Å². The van der Waals surface area contributed by atoms with Gasteiger partial charge in [-0.3, -0.25) is 4.79 Å². The lowest BCUT2D eigenvalue weighted by Gasteiger charge is -2.39. The molecule has 5 nitrogen and oxygen atoms in total. The maximum Gasteiger partial charge on any atom is 0.387 e. The number of nitrogens with zero attached hydrogens (tertiary/aromatic N) is 1. The number of benzene rings is 1. The fourth-order valence-electron chi connectivity index (χ4n) is 4.35. The summed E-state index contributed by atoms with van der Waals surface area (Å²) in [6, 6.07) is 6.26. The van der Waals surface area contributed by atoms with Crippen LogP contribution < -0.4 is 10.2 Å². The van der Waals surface area contributed by atoms with E-state index in [1.165, 1.54) is 18.3 Å². The molecule has 0 bridgehead atoms. The Bertz CT molecular complexity index is 1110. The third kappa shape index (κ3) is 3.24. The number of ether oxygens (including phenoxy) is 1. The summed E-state index contributed by atoms with van der Waals surface area (Å²) in [5, 5.41) is 9.39. The second-order valence-corrected chi connectivity index (χ2v) is 8.57. The number of aromatic nitrogens is 1. The third-order valence-electron chi connectivity index (χ3n) is 5.71. The summed E-state index contributed by atoms with van der Waals surface area (Å²) in [6.07, 6.45) is 2.58. The van der Waals surface area contributed by atoms with Gasteiger partial charge < -0.3 is 14.4 Å². The maximum absolute atomic E-state index is 12.6. The summed E-state index contributed by atoms with van der Waals surface area (Å²) in [5.74, 6) is -1.15. The Labute approximate surface area is 166 Å². The van der Waals surface area contributed by atoms with E-state index in [0.717, 1.165) is 22.3 Å². The average Bonchev–Trinajstić information content (AvgIpc) is 2.96. The molecule has 0 unspecified atom stereocenters. The van der Waals surface area contributed by atoms with Gasteiger partial charge in [0.2, 0.25) is 0 Å². The van der Waals surface area contributed by atoms with E-state index >= 15 is 0 Å². The van der Waals surface area contributed by atoms with Crippen LogP contribution in [-0.4, -0.2) is 22.3 Å². The molecule has 1 N–H and O–H groups in total. The van der Waals surface area contributed by atoms with Gasteiger partial charge in [0.25, 0.3) is 0 Å². The molecule has 2 aromatic rings. The van der Waals surface area contributed by atoms with Gasteiger partial charge in [-0.1, -0.05) is 26.8 Å².